The van der Waals surface area contributed by atoms with Crippen molar-refractivity contribution in [2.45, 2.75) is 107 Å². The van der Waals surface area contributed by atoms with Crippen molar-refractivity contribution in [2.24, 2.45) is 5.92 Å². The van der Waals surface area contributed by atoms with Crippen LogP contribution >= 0.6 is 19.8 Å². The molecule has 3 N–H and O–H groups in total. The fraction of sp³-hybridized carbons (Fsp3) is 0.731. The number of aromatic nitrogens is 4. The van der Waals surface area contributed by atoms with Crippen LogP contribution in [0.15, 0.2) is 28.1 Å². The Hall–Kier alpha value is -1.22. The van der Waals surface area contributed by atoms with Crippen LogP contribution in [-0.4, -0.2) is 68.7 Å². The van der Waals surface area contributed by atoms with Gasteiger partial charge in [-0.2, -0.15) is 12.6 Å². The number of aliphatic hydroxyl groups is 1. The molecule has 2 aliphatic rings. The summed E-state index contributed by atoms with van der Waals surface area (Å²) in [6.07, 6.45) is -0.186. The SMILES string of the molecule is C=C(C)[C@@H]1CC[C@](C)(S)[C@@H](O[P+](=S)O[C@H]2[C@@H](O)[C@H](n3cnc4c(=O)[nH]c(=O)[nH]c43)O[C@@H]2CO[Si](C)(C)C(C)(C)C)C1. The summed E-state index contributed by atoms with van der Waals surface area (Å²) in [6.45, 7) is 19.0. The molecular weight excluding hydrogens is 604 g/mol. The number of rotatable bonds is 9. The second-order valence-electron chi connectivity index (χ2n) is 12.9. The van der Waals surface area contributed by atoms with Crippen molar-refractivity contribution in [3.63, 3.8) is 0 Å². The highest BCUT2D eigenvalue weighted by Crippen LogP contribution is 2.47. The van der Waals surface area contributed by atoms with Crippen molar-refractivity contribution in [3.8, 4) is 0 Å². The number of thiol groups is 1. The van der Waals surface area contributed by atoms with E-state index in [2.05, 4.69) is 55.4 Å². The molecule has 228 valence electrons. The van der Waals surface area contributed by atoms with E-state index in [4.69, 9.17) is 42.6 Å². The zero-order valence-electron chi connectivity index (χ0n) is 24.7. The van der Waals surface area contributed by atoms with Gasteiger partial charge in [0.1, 0.15) is 24.0 Å². The maximum Gasteiger partial charge on any atom is 0.522 e. The van der Waals surface area contributed by atoms with Gasteiger partial charge in [0.15, 0.2) is 26.2 Å². The Bertz CT molecular complexity index is 1420. The van der Waals surface area contributed by atoms with Crippen molar-refractivity contribution in [3.05, 3.63) is 39.3 Å². The van der Waals surface area contributed by atoms with Gasteiger partial charge in [-0.05, 0) is 57.2 Å². The van der Waals surface area contributed by atoms with E-state index in [1.165, 1.54) is 10.9 Å². The van der Waals surface area contributed by atoms with Crippen molar-refractivity contribution < 1.29 is 23.3 Å². The van der Waals surface area contributed by atoms with Crippen LogP contribution < -0.4 is 11.2 Å². The van der Waals surface area contributed by atoms with Crippen LogP contribution in [0.3, 0.4) is 0 Å². The van der Waals surface area contributed by atoms with Gasteiger partial charge in [-0.15, -0.1) is 9.05 Å². The van der Waals surface area contributed by atoms with E-state index in [1.807, 2.05) is 13.8 Å². The van der Waals surface area contributed by atoms with Crippen LogP contribution in [0.5, 0.6) is 0 Å². The van der Waals surface area contributed by atoms with Gasteiger partial charge in [0.05, 0.1) is 12.9 Å². The van der Waals surface area contributed by atoms with Crippen LogP contribution in [0.1, 0.15) is 60.1 Å². The molecule has 1 unspecified atom stereocenters. The number of allylic oxidation sites excluding steroid dienone is 1. The Labute approximate surface area is 252 Å². The Morgan fingerprint density at radius 2 is 2.05 bits per heavy atom. The molecule has 1 aliphatic heterocycles. The van der Waals surface area contributed by atoms with Crippen molar-refractivity contribution >= 4 is 51.1 Å². The van der Waals surface area contributed by atoms with Gasteiger partial charge in [0.2, 0.25) is 11.8 Å². The summed E-state index contributed by atoms with van der Waals surface area (Å²) in [4.78, 5) is 33.1. The lowest BCUT2D eigenvalue weighted by Crippen LogP contribution is -2.45. The summed E-state index contributed by atoms with van der Waals surface area (Å²) >= 11 is 10.6. The monoisotopic (exact) mass is 645 g/mol. The summed E-state index contributed by atoms with van der Waals surface area (Å²) in [5.41, 5.74) is -0.0844. The molecule has 4 rings (SSSR count). The molecule has 1 saturated heterocycles. The number of hydrogen-bond donors (Lipinski definition) is 4. The molecule has 15 heteroatoms. The maximum atomic E-state index is 12.3. The molecule has 41 heavy (non-hydrogen) atoms. The largest absolute Gasteiger partial charge is 0.522 e. The molecule has 0 spiro atoms. The van der Waals surface area contributed by atoms with Gasteiger partial charge in [-0.1, -0.05) is 32.9 Å². The third-order valence-electron chi connectivity index (χ3n) is 8.78. The summed E-state index contributed by atoms with van der Waals surface area (Å²) < 4.78 is 26.3. The molecular formula is C26H42N4O7PS2Si+. The molecule has 0 aromatic carbocycles. The third-order valence-corrected chi connectivity index (χ3v) is 15.1. The minimum Gasteiger partial charge on any atom is -0.414 e. The molecule has 2 aromatic rings. The molecule has 8 atom stereocenters. The van der Waals surface area contributed by atoms with E-state index in [0.717, 1.165) is 24.8 Å². The molecule has 1 saturated carbocycles. The third kappa shape index (κ3) is 6.96. The number of imidazole rings is 1. The van der Waals surface area contributed by atoms with E-state index < -0.39 is 51.3 Å². The normalized spacial score (nSPS) is 31.5. The summed E-state index contributed by atoms with van der Waals surface area (Å²) in [6, 6.07) is 0. The maximum absolute atomic E-state index is 12.3. The predicted octanol–water partition coefficient (Wildman–Crippen LogP) is 4.30. The molecule has 0 radical (unpaired) electrons. The van der Waals surface area contributed by atoms with Crippen molar-refractivity contribution in [2.75, 3.05) is 6.61 Å². The number of H-pyrrole nitrogens is 2. The molecule has 0 amide bonds. The van der Waals surface area contributed by atoms with Crippen LogP contribution in [0.4, 0.5) is 0 Å². The van der Waals surface area contributed by atoms with Gasteiger partial charge < -0.3 is 14.3 Å². The minimum absolute atomic E-state index is 0.0186. The molecule has 2 aromatic heterocycles. The summed E-state index contributed by atoms with van der Waals surface area (Å²) in [5.74, 6) is 0.314. The quantitative estimate of drug-likeness (QED) is 0.136. The van der Waals surface area contributed by atoms with Crippen LogP contribution in [0.2, 0.25) is 18.1 Å². The Balaban J connectivity index is 1.59. The number of ether oxygens (including phenoxy) is 1. The van der Waals surface area contributed by atoms with Gasteiger partial charge in [-0.3, -0.25) is 19.3 Å². The average Bonchev–Trinajstić information content (AvgIpc) is 3.39. The lowest BCUT2D eigenvalue weighted by Gasteiger charge is -2.38. The molecule has 0 bridgehead atoms. The van der Waals surface area contributed by atoms with Crippen LogP contribution in [0.25, 0.3) is 11.2 Å². The van der Waals surface area contributed by atoms with Gasteiger partial charge in [-0.25, -0.2) is 9.78 Å². The van der Waals surface area contributed by atoms with Gasteiger partial charge in [0.25, 0.3) is 5.56 Å². The number of nitrogens with one attached hydrogen (secondary N) is 2. The number of fused-ring (bicyclic) bond motifs is 1. The fourth-order valence-electron chi connectivity index (χ4n) is 4.96. The highest BCUT2D eigenvalue weighted by Gasteiger charge is 2.52. The first kappa shape index (κ1) is 32.7. The lowest BCUT2D eigenvalue weighted by atomic mass is 9.77. The molecule has 2 fully saturated rings. The number of nitrogens with zero attached hydrogens (tertiary/aromatic N) is 2. The zero-order valence-corrected chi connectivity index (χ0v) is 28.3. The average molecular weight is 646 g/mol. The number of aromatic amines is 2. The van der Waals surface area contributed by atoms with Gasteiger partial charge >= 0.3 is 12.8 Å². The van der Waals surface area contributed by atoms with Crippen molar-refractivity contribution in [1.29, 1.82) is 0 Å². The van der Waals surface area contributed by atoms with Crippen LogP contribution in [-0.2, 0) is 30.0 Å². The van der Waals surface area contributed by atoms with E-state index in [0.29, 0.717) is 5.92 Å². The van der Waals surface area contributed by atoms with Crippen molar-refractivity contribution in [1.82, 2.24) is 19.5 Å². The first-order valence-electron chi connectivity index (χ1n) is 13.8. The Morgan fingerprint density at radius 1 is 1.37 bits per heavy atom. The van der Waals surface area contributed by atoms with E-state index in [-0.39, 0.29) is 33.7 Å². The lowest BCUT2D eigenvalue weighted by molar-refractivity contribution is -0.0486. The van der Waals surface area contributed by atoms with E-state index in [9.17, 15) is 14.7 Å². The number of aliphatic hydroxyl groups excluding tert-OH is 1. The van der Waals surface area contributed by atoms with E-state index >= 15 is 0 Å². The van der Waals surface area contributed by atoms with Gasteiger partial charge in [0, 0.05) is 4.75 Å². The fourth-order valence-corrected chi connectivity index (χ4v) is 7.99. The highest BCUT2D eigenvalue weighted by atomic mass is 32.4. The first-order chi connectivity index (χ1) is 18.9. The molecule has 3 heterocycles. The summed E-state index contributed by atoms with van der Waals surface area (Å²) in [5, 5.41) is 11.5. The number of hydrogen-bond acceptors (Lipinski definition) is 10. The minimum atomic E-state index is -2.18. The Kier molecular flexibility index (Phi) is 9.60. The first-order valence-corrected chi connectivity index (χ1v) is 19.3. The molecule has 1 aliphatic carbocycles. The Morgan fingerprint density at radius 3 is 2.68 bits per heavy atom. The molecule has 11 nitrogen and oxygen atoms in total. The highest BCUT2D eigenvalue weighted by molar-refractivity contribution is 8.00. The standard InChI is InChI=1S/C26H41N4O7PS2Si/c1-14(2)15-9-10-26(6,39)17(11-15)36-38(40)37-20-16(12-34-41(7,8)25(3,4)5)35-23(19(20)31)30-13-27-18-21(30)28-24(33)29-22(18)32/h13,15-17,19-20,23,31H,1,9-12H2,2-8H3,(H2-,28,29,32,33,39)/p+1/t15-,16-,17+,19-,20-,23-,26+/m1/s1. The van der Waals surface area contributed by atoms with E-state index in [1.54, 1.807) is 0 Å². The summed E-state index contributed by atoms with van der Waals surface area (Å²) in [7, 11) is -4.05. The van der Waals surface area contributed by atoms with Crippen LogP contribution in [0, 0.1) is 5.92 Å². The smallest absolute Gasteiger partial charge is 0.414 e. The second kappa shape index (κ2) is 12.0. The topological polar surface area (TPSA) is 141 Å². The predicted molar refractivity (Wildman–Crippen MR) is 168 cm³/mol. The zero-order chi connectivity index (χ0) is 30.5. The second-order valence-corrected chi connectivity index (χ2v) is 20.5.